The molecule has 1 aliphatic heterocycles. The molecule has 2 N–H and O–H groups in total. The largest absolute Gasteiger partial charge is 0.409 e. The van der Waals surface area contributed by atoms with Gasteiger partial charge >= 0.3 is 5.69 Å². The number of aliphatic hydroxyl groups is 1. The molecule has 9 heteroatoms. The zero-order valence-corrected chi connectivity index (χ0v) is 25.1. The molecule has 0 spiro atoms. The maximum atomic E-state index is 12.8. The van der Waals surface area contributed by atoms with Crippen LogP contribution in [0.3, 0.4) is 0 Å². The maximum Gasteiger partial charge on any atom is 0.330 e. The number of H-pyrrole nitrogens is 1. The summed E-state index contributed by atoms with van der Waals surface area (Å²) in [5, 5.41) is 11.7. The Kier molecular flexibility index (Phi) is 8.13. The first-order chi connectivity index (χ1) is 15.8. The van der Waals surface area contributed by atoms with Gasteiger partial charge in [0.05, 0.1) is 19.9 Å². The lowest BCUT2D eigenvalue weighted by atomic mass is 9.88. The first-order valence-electron chi connectivity index (χ1n) is 12.2. The van der Waals surface area contributed by atoms with Gasteiger partial charge < -0.3 is 14.3 Å². The summed E-state index contributed by atoms with van der Waals surface area (Å²) in [4.78, 5) is 26.9. The van der Waals surface area contributed by atoms with E-state index in [0.29, 0.717) is 6.42 Å². The van der Waals surface area contributed by atoms with Crippen LogP contribution >= 0.6 is 0 Å². The summed E-state index contributed by atoms with van der Waals surface area (Å²) in [7, 11) is -4.88. The summed E-state index contributed by atoms with van der Waals surface area (Å²) < 4.78 is 14.9. The minimum absolute atomic E-state index is 0.124. The molecule has 5 atom stereocenters. The molecular formula is C26H44N2O5Si2. The third kappa shape index (κ3) is 5.23. The lowest BCUT2D eigenvalue weighted by Crippen LogP contribution is -2.66. The molecule has 0 aliphatic carbocycles. The van der Waals surface area contributed by atoms with Gasteiger partial charge in [-0.05, 0) is 29.6 Å². The van der Waals surface area contributed by atoms with Crippen LogP contribution in [0, 0.1) is 18.3 Å². The Morgan fingerprint density at radius 2 is 1.83 bits per heavy atom. The van der Waals surface area contributed by atoms with E-state index in [2.05, 4.69) is 85.2 Å². The van der Waals surface area contributed by atoms with E-state index in [4.69, 9.17) is 15.6 Å². The van der Waals surface area contributed by atoms with Crippen molar-refractivity contribution in [1.82, 2.24) is 9.55 Å². The van der Waals surface area contributed by atoms with Crippen molar-refractivity contribution >= 4 is 16.4 Å². The number of hydrogen-bond donors (Lipinski definition) is 2. The van der Waals surface area contributed by atoms with Crippen LogP contribution in [0.2, 0.25) is 36.3 Å². The average molecular weight is 521 g/mol. The molecule has 1 aromatic heterocycles. The fraction of sp³-hybridized carbons (Fsp3) is 0.692. The van der Waals surface area contributed by atoms with Gasteiger partial charge in [0.1, 0.15) is 6.23 Å². The van der Waals surface area contributed by atoms with E-state index in [-0.39, 0.29) is 10.1 Å². The molecule has 0 radical (unpaired) electrons. The standard InChI is InChI=1S/C26H44N2O5Si2/c1-13-15-18-20(33-35(11,12)25(6,7)8)26(14-2,22(30)34(9,10)24(3,4)5)32-21(18)28-17-16-19(29)27-23(28)31/h2,13,16-18,20-22,30H,1,15H2,3-12H3,(H,27,29,31)/t18-,20+,21-,22?,26+/m1/s1. The number of rotatable bonds is 7. The van der Waals surface area contributed by atoms with Crippen molar-refractivity contribution in [1.29, 1.82) is 0 Å². The predicted molar refractivity (Wildman–Crippen MR) is 147 cm³/mol. The molecule has 2 rings (SSSR count). The smallest absolute Gasteiger partial charge is 0.330 e. The molecule has 196 valence electrons. The molecule has 1 saturated heterocycles. The number of aromatic amines is 1. The monoisotopic (exact) mass is 520 g/mol. The minimum Gasteiger partial charge on any atom is -0.409 e. The van der Waals surface area contributed by atoms with Crippen LogP contribution in [-0.4, -0.2) is 48.5 Å². The van der Waals surface area contributed by atoms with Crippen LogP contribution in [-0.2, 0) is 9.16 Å². The Bertz CT molecular complexity index is 1090. The summed E-state index contributed by atoms with van der Waals surface area (Å²) in [6.45, 7) is 25.2. The summed E-state index contributed by atoms with van der Waals surface area (Å²) >= 11 is 0. The number of aliphatic hydroxyl groups excluding tert-OH is 1. The van der Waals surface area contributed by atoms with Crippen molar-refractivity contribution in [2.75, 3.05) is 0 Å². The molecular weight excluding hydrogens is 476 g/mol. The molecule has 1 unspecified atom stereocenters. The topological polar surface area (TPSA) is 93.5 Å². The van der Waals surface area contributed by atoms with Crippen LogP contribution in [0.25, 0.3) is 0 Å². The molecule has 0 saturated carbocycles. The molecule has 0 aromatic carbocycles. The van der Waals surface area contributed by atoms with Crippen molar-refractivity contribution in [3.05, 3.63) is 45.8 Å². The molecule has 0 amide bonds. The highest BCUT2D eigenvalue weighted by molar-refractivity contribution is 6.81. The van der Waals surface area contributed by atoms with Gasteiger partial charge in [0, 0.05) is 18.2 Å². The molecule has 1 aliphatic rings. The first kappa shape index (κ1) is 29.5. The van der Waals surface area contributed by atoms with Crippen molar-refractivity contribution in [3.8, 4) is 12.3 Å². The van der Waals surface area contributed by atoms with E-state index < -0.39 is 57.2 Å². The van der Waals surface area contributed by atoms with E-state index in [0.717, 1.165) is 0 Å². The fourth-order valence-corrected chi connectivity index (χ4v) is 7.72. The van der Waals surface area contributed by atoms with Gasteiger partial charge in [0.2, 0.25) is 0 Å². The summed E-state index contributed by atoms with van der Waals surface area (Å²) in [5.41, 5.74) is -3.56. The summed E-state index contributed by atoms with van der Waals surface area (Å²) in [5.74, 6) is 2.43. The van der Waals surface area contributed by atoms with Crippen molar-refractivity contribution in [2.45, 2.75) is 108 Å². The SMILES string of the molecule is C#C[C@]1(C(O)[Si](C)(C)C(C)(C)C)O[C@@H](n2ccc(=O)[nH]c2=O)[C@H](CC=C)[C@@H]1O[Si](C)(C)C(C)(C)C. The third-order valence-electron chi connectivity index (χ3n) is 8.53. The molecule has 1 aromatic rings. The van der Waals surface area contributed by atoms with Crippen molar-refractivity contribution in [3.63, 3.8) is 0 Å². The second-order valence-electron chi connectivity index (χ2n) is 12.8. The lowest BCUT2D eigenvalue weighted by Gasteiger charge is -2.49. The number of allylic oxidation sites excluding steroid dienone is 1. The number of nitrogens with zero attached hydrogens (tertiary/aromatic N) is 1. The molecule has 1 fully saturated rings. The second-order valence-corrected chi connectivity index (χ2v) is 23.1. The second kappa shape index (κ2) is 9.63. The van der Waals surface area contributed by atoms with Gasteiger partial charge in [-0.25, -0.2) is 4.79 Å². The van der Waals surface area contributed by atoms with Crippen molar-refractivity contribution < 1.29 is 14.3 Å². The Morgan fingerprint density at radius 3 is 2.26 bits per heavy atom. The highest BCUT2D eigenvalue weighted by atomic mass is 28.4. The van der Waals surface area contributed by atoms with Crippen LogP contribution in [0.4, 0.5) is 0 Å². The molecule has 7 nitrogen and oxygen atoms in total. The predicted octanol–water partition coefficient (Wildman–Crippen LogP) is 4.43. The number of aromatic nitrogens is 2. The van der Waals surface area contributed by atoms with Gasteiger partial charge in [-0.15, -0.1) is 13.0 Å². The molecule has 0 bridgehead atoms. The van der Waals surface area contributed by atoms with Crippen molar-refractivity contribution in [2.24, 2.45) is 5.92 Å². The summed E-state index contributed by atoms with van der Waals surface area (Å²) in [6.07, 6.45) is 8.33. The number of nitrogens with one attached hydrogen (secondary N) is 1. The lowest BCUT2D eigenvalue weighted by molar-refractivity contribution is -0.107. The van der Waals surface area contributed by atoms with E-state index in [9.17, 15) is 14.7 Å². The highest BCUT2D eigenvalue weighted by Gasteiger charge is 2.65. The number of terminal acetylenes is 1. The zero-order valence-electron chi connectivity index (χ0n) is 23.1. The third-order valence-corrected chi connectivity index (χ3v) is 18.7. The zero-order chi connectivity index (χ0) is 27.2. The molecule has 2 heterocycles. The van der Waals surface area contributed by atoms with Gasteiger partial charge in [-0.3, -0.25) is 14.3 Å². The van der Waals surface area contributed by atoms with Crippen LogP contribution in [0.1, 0.15) is 54.2 Å². The summed E-state index contributed by atoms with van der Waals surface area (Å²) in [6, 6.07) is 1.28. The van der Waals surface area contributed by atoms with Gasteiger partial charge in [-0.2, -0.15) is 0 Å². The van der Waals surface area contributed by atoms with Gasteiger partial charge in [0.15, 0.2) is 13.9 Å². The van der Waals surface area contributed by atoms with Crippen LogP contribution in [0.15, 0.2) is 34.5 Å². The minimum atomic E-state index is -2.48. The first-order valence-corrected chi connectivity index (χ1v) is 18.2. The Labute approximate surface area is 212 Å². The number of hydrogen-bond acceptors (Lipinski definition) is 5. The van der Waals surface area contributed by atoms with Gasteiger partial charge in [-0.1, -0.05) is 66.6 Å². The van der Waals surface area contributed by atoms with E-state index >= 15 is 0 Å². The Hall–Kier alpha value is -1.71. The quantitative estimate of drug-likeness (QED) is 0.315. The Balaban J connectivity index is 2.83. The highest BCUT2D eigenvalue weighted by Crippen LogP contribution is 2.53. The van der Waals surface area contributed by atoms with Crippen LogP contribution in [0.5, 0.6) is 0 Å². The van der Waals surface area contributed by atoms with E-state index in [1.165, 1.54) is 16.8 Å². The molecule has 35 heavy (non-hydrogen) atoms. The van der Waals surface area contributed by atoms with Crippen LogP contribution < -0.4 is 11.2 Å². The van der Waals surface area contributed by atoms with E-state index in [1.807, 2.05) is 0 Å². The maximum absolute atomic E-state index is 12.8. The fourth-order valence-electron chi connectivity index (χ4n) is 4.18. The van der Waals surface area contributed by atoms with E-state index in [1.54, 1.807) is 6.08 Å². The Morgan fingerprint density at radius 1 is 1.26 bits per heavy atom. The number of ether oxygens (including phenoxy) is 1. The normalized spacial score (nSPS) is 26.9. The van der Waals surface area contributed by atoms with Gasteiger partial charge in [0.25, 0.3) is 5.56 Å². The average Bonchev–Trinajstić information content (AvgIpc) is 2.99.